The number of carbonyl (C=O) groups is 2. The number of amides is 2. The monoisotopic (exact) mass is 271 g/mol. The van der Waals surface area contributed by atoms with Crippen LogP contribution in [0.1, 0.15) is 47.0 Å². The van der Waals surface area contributed by atoms with E-state index in [1.165, 1.54) is 4.90 Å². The van der Waals surface area contributed by atoms with Gasteiger partial charge >= 0.3 is 0 Å². The molecular weight excluding hydrogens is 242 g/mol. The summed E-state index contributed by atoms with van der Waals surface area (Å²) in [7, 11) is 3.40. The molecule has 0 radical (unpaired) electrons. The summed E-state index contributed by atoms with van der Waals surface area (Å²) in [6, 6.07) is -0.441. The lowest BCUT2D eigenvalue weighted by atomic mass is 9.99. The summed E-state index contributed by atoms with van der Waals surface area (Å²) < 4.78 is 0. The zero-order valence-corrected chi connectivity index (χ0v) is 13.1. The van der Waals surface area contributed by atoms with Crippen LogP contribution in [0.25, 0.3) is 0 Å². The number of nitrogens with two attached hydrogens (primary N) is 1. The van der Waals surface area contributed by atoms with Crippen molar-refractivity contribution in [2.45, 2.75) is 58.5 Å². The molecule has 0 saturated heterocycles. The third kappa shape index (κ3) is 8.59. The summed E-state index contributed by atoms with van der Waals surface area (Å²) in [4.78, 5) is 25.4. The highest BCUT2D eigenvalue weighted by Gasteiger charge is 2.23. The van der Waals surface area contributed by atoms with Gasteiger partial charge in [-0.1, -0.05) is 13.8 Å². The molecule has 1 unspecified atom stereocenters. The Morgan fingerprint density at radius 3 is 2.16 bits per heavy atom. The lowest BCUT2D eigenvalue weighted by Gasteiger charge is -2.24. The second-order valence-electron chi connectivity index (χ2n) is 6.47. The molecular formula is C14H29N3O2. The first kappa shape index (κ1) is 17.9. The summed E-state index contributed by atoms with van der Waals surface area (Å²) in [5.74, 6) is 0.175. The van der Waals surface area contributed by atoms with Gasteiger partial charge in [0.2, 0.25) is 11.8 Å². The highest BCUT2D eigenvalue weighted by Crippen LogP contribution is 2.10. The van der Waals surface area contributed by atoms with Gasteiger partial charge in [0.15, 0.2) is 0 Å². The average Bonchev–Trinajstić information content (AvgIpc) is 2.22. The zero-order chi connectivity index (χ0) is 15.2. The summed E-state index contributed by atoms with van der Waals surface area (Å²) in [6.07, 6.45) is 1.59. The molecule has 5 nitrogen and oxygen atoms in total. The fourth-order valence-corrected chi connectivity index (χ4v) is 1.71. The minimum atomic E-state index is -0.441. The number of nitrogens with one attached hydrogen (secondary N) is 1. The lowest BCUT2D eigenvalue weighted by molar-refractivity contribution is -0.134. The maximum Gasteiger partial charge on any atom is 0.244 e. The molecule has 112 valence electrons. The van der Waals surface area contributed by atoms with Crippen molar-refractivity contribution in [3.05, 3.63) is 0 Å². The predicted octanol–water partition coefficient (Wildman–Crippen LogP) is 1.12. The van der Waals surface area contributed by atoms with Crippen molar-refractivity contribution in [1.29, 1.82) is 0 Å². The standard InChI is InChI=1S/C14H29N3O2/c1-10(2)9-11(13(19)17(5)6)16-12(18)7-8-14(3,4)15/h10-11H,7-9,15H2,1-6H3,(H,16,18). The largest absolute Gasteiger partial charge is 0.347 e. The molecule has 0 heterocycles. The Morgan fingerprint density at radius 1 is 1.26 bits per heavy atom. The van der Waals surface area contributed by atoms with Crippen molar-refractivity contribution < 1.29 is 9.59 Å². The molecule has 0 aliphatic carbocycles. The number of hydrogen-bond donors (Lipinski definition) is 2. The Morgan fingerprint density at radius 2 is 1.79 bits per heavy atom. The van der Waals surface area contributed by atoms with Gasteiger partial charge in [-0.3, -0.25) is 9.59 Å². The Kier molecular flexibility index (Phi) is 7.05. The van der Waals surface area contributed by atoms with Gasteiger partial charge in [-0.05, 0) is 32.6 Å². The first-order chi connectivity index (χ1) is 8.53. The first-order valence-electron chi connectivity index (χ1n) is 6.82. The topological polar surface area (TPSA) is 75.4 Å². The molecule has 2 amide bonds. The van der Waals surface area contributed by atoms with E-state index in [2.05, 4.69) is 5.32 Å². The molecule has 3 N–H and O–H groups in total. The van der Waals surface area contributed by atoms with Crippen LogP contribution >= 0.6 is 0 Å². The Balaban J connectivity index is 4.47. The van der Waals surface area contributed by atoms with Crippen molar-refractivity contribution in [2.24, 2.45) is 11.7 Å². The highest BCUT2D eigenvalue weighted by atomic mass is 16.2. The van der Waals surface area contributed by atoms with Gasteiger partial charge in [-0.2, -0.15) is 0 Å². The van der Waals surface area contributed by atoms with Crippen LogP contribution in [0.3, 0.4) is 0 Å². The van der Waals surface area contributed by atoms with Crippen LogP contribution in [0.4, 0.5) is 0 Å². The van der Waals surface area contributed by atoms with Gasteiger partial charge in [0, 0.05) is 26.1 Å². The Labute approximate surface area is 116 Å². The Bertz CT molecular complexity index is 306. The molecule has 1 atom stereocenters. The molecule has 5 heteroatoms. The maximum atomic E-state index is 12.0. The lowest BCUT2D eigenvalue weighted by Crippen LogP contribution is -2.47. The highest BCUT2D eigenvalue weighted by molar-refractivity contribution is 5.87. The third-order valence-corrected chi connectivity index (χ3v) is 2.78. The summed E-state index contributed by atoms with van der Waals surface area (Å²) in [6.45, 7) is 7.84. The number of carbonyl (C=O) groups excluding carboxylic acids is 2. The van der Waals surface area contributed by atoms with Gasteiger partial charge in [-0.15, -0.1) is 0 Å². The molecule has 19 heavy (non-hydrogen) atoms. The second kappa shape index (κ2) is 7.48. The van der Waals surface area contributed by atoms with Crippen LogP contribution in [-0.2, 0) is 9.59 Å². The van der Waals surface area contributed by atoms with E-state index < -0.39 is 6.04 Å². The van der Waals surface area contributed by atoms with Crippen LogP contribution in [0.2, 0.25) is 0 Å². The molecule has 0 aliphatic heterocycles. The minimum Gasteiger partial charge on any atom is -0.347 e. The Hall–Kier alpha value is -1.10. The average molecular weight is 271 g/mol. The van der Waals surface area contributed by atoms with Gasteiger partial charge in [0.05, 0.1) is 0 Å². The number of nitrogens with zero attached hydrogens (tertiary/aromatic N) is 1. The van der Waals surface area contributed by atoms with Crippen LogP contribution in [0, 0.1) is 5.92 Å². The summed E-state index contributed by atoms with van der Waals surface area (Å²) >= 11 is 0. The molecule has 0 aliphatic rings. The van der Waals surface area contributed by atoms with Crippen LogP contribution < -0.4 is 11.1 Å². The number of hydrogen-bond acceptors (Lipinski definition) is 3. The fraction of sp³-hybridized carbons (Fsp3) is 0.857. The molecule has 0 bridgehead atoms. The maximum absolute atomic E-state index is 12.0. The molecule has 0 rings (SSSR count). The smallest absolute Gasteiger partial charge is 0.244 e. The predicted molar refractivity (Wildman–Crippen MR) is 77.6 cm³/mol. The van der Waals surface area contributed by atoms with E-state index in [1.807, 2.05) is 27.7 Å². The summed E-state index contributed by atoms with van der Waals surface area (Å²) in [5.41, 5.74) is 5.48. The van der Waals surface area contributed by atoms with E-state index in [-0.39, 0.29) is 17.4 Å². The van der Waals surface area contributed by atoms with Crippen LogP contribution in [0.15, 0.2) is 0 Å². The molecule has 0 saturated carbocycles. The third-order valence-electron chi connectivity index (χ3n) is 2.78. The normalized spacial score (nSPS) is 13.3. The second-order valence-corrected chi connectivity index (χ2v) is 6.47. The minimum absolute atomic E-state index is 0.0611. The van der Waals surface area contributed by atoms with Gasteiger partial charge in [0.1, 0.15) is 6.04 Å². The van der Waals surface area contributed by atoms with Gasteiger partial charge in [0.25, 0.3) is 0 Å². The quantitative estimate of drug-likeness (QED) is 0.728. The van der Waals surface area contributed by atoms with Crippen molar-refractivity contribution in [3.63, 3.8) is 0 Å². The molecule has 0 aromatic heterocycles. The van der Waals surface area contributed by atoms with Gasteiger partial charge in [-0.25, -0.2) is 0 Å². The molecule has 0 fully saturated rings. The van der Waals surface area contributed by atoms with E-state index in [4.69, 9.17) is 5.73 Å². The SMILES string of the molecule is CC(C)CC(NC(=O)CCC(C)(C)N)C(=O)N(C)C. The molecule has 0 aromatic rings. The van der Waals surface area contributed by atoms with E-state index >= 15 is 0 Å². The van der Waals surface area contributed by atoms with E-state index in [0.717, 1.165) is 0 Å². The first-order valence-corrected chi connectivity index (χ1v) is 6.82. The van der Waals surface area contributed by atoms with Crippen molar-refractivity contribution in [2.75, 3.05) is 14.1 Å². The number of rotatable bonds is 7. The van der Waals surface area contributed by atoms with E-state index in [0.29, 0.717) is 25.2 Å². The summed E-state index contributed by atoms with van der Waals surface area (Å²) in [5, 5.41) is 2.82. The molecule has 0 aromatic carbocycles. The van der Waals surface area contributed by atoms with Crippen LogP contribution in [-0.4, -0.2) is 42.4 Å². The van der Waals surface area contributed by atoms with Crippen molar-refractivity contribution >= 4 is 11.8 Å². The van der Waals surface area contributed by atoms with E-state index in [9.17, 15) is 9.59 Å². The molecule has 0 spiro atoms. The van der Waals surface area contributed by atoms with E-state index in [1.54, 1.807) is 14.1 Å². The van der Waals surface area contributed by atoms with Crippen molar-refractivity contribution in [1.82, 2.24) is 10.2 Å². The fourth-order valence-electron chi connectivity index (χ4n) is 1.71. The van der Waals surface area contributed by atoms with Crippen LogP contribution in [0.5, 0.6) is 0 Å². The zero-order valence-electron chi connectivity index (χ0n) is 13.1. The number of likely N-dealkylation sites (N-methyl/N-ethyl adjacent to an activating group) is 1. The van der Waals surface area contributed by atoms with Crippen molar-refractivity contribution in [3.8, 4) is 0 Å². The van der Waals surface area contributed by atoms with Gasteiger partial charge < -0.3 is 16.0 Å².